The Balaban J connectivity index is 1.84. The van der Waals surface area contributed by atoms with Gasteiger partial charge in [-0.25, -0.2) is 15.0 Å². The molecule has 0 bridgehead atoms. The van der Waals surface area contributed by atoms with E-state index in [1.165, 1.54) is 0 Å². The van der Waals surface area contributed by atoms with Gasteiger partial charge in [0, 0.05) is 19.0 Å². The van der Waals surface area contributed by atoms with E-state index in [4.69, 9.17) is 0 Å². The maximum Gasteiger partial charge on any atom is 0.281 e. The summed E-state index contributed by atoms with van der Waals surface area (Å²) in [6.07, 6.45) is 1.59. The Hall–Kier alpha value is -3.62. The molecule has 4 aromatic rings. The lowest BCUT2D eigenvalue weighted by atomic mass is 10.2. The van der Waals surface area contributed by atoms with Gasteiger partial charge in [-0.15, -0.1) is 0 Å². The minimum atomic E-state index is -0.617. The third kappa shape index (κ3) is 2.73. The molecule has 4 rings (SSSR count). The molecule has 27 heavy (non-hydrogen) atoms. The van der Waals surface area contributed by atoms with E-state index in [2.05, 4.69) is 25.4 Å². The minimum absolute atomic E-state index is 0.179. The second-order valence-corrected chi connectivity index (χ2v) is 6.11. The Labute approximate surface area is 153 Å². The van der Waals surface area contributed by atoms with Crippen LogP contribution in [0.3, 0.4) is 0 Å². The van der Waals surface area contributed by atoms with Crippen molar-refractivity contribution < 1.29 is 4.79 Å². The van der Waals surface area contributed by atoms with E-state index >= 15 is 0 Å². The summed E-state index contributed by atoms with van der Waals surface area (Å²) < 4.78 is 3.35. The van der Waals surface area contributed by atoms with Gasteiger partial charge in [0.1, 0.15) is 11.3 Å². The monoisotopic (exact) mass is 363 g/mol. The Morgan fingerprint density at radius 1 is 1.22 bits per heavy atom. The third-order valence-electron chi connectivity index (χ3n) is 4.29. The number of hydrogen-bond donors (Lipinski definition) is 1. The van der Waals surface area contributed by atoms with Crippen molar-refractivity contribution >= 4 is 33.8 Å². The third-order valence-corrected chi connectivity index (χ3v) is 4.29. The van der Waals surface area contributed by atoms with E-state index in [0.29, 0.717) is 40.3 Å². The molecule has 3 heterocycles. The molecule has 1 N–H and O–H groups in total. The number of nitrogens with one attached hydrogen (secondary N) is 1. The molecule has 0 spiro atoms. The lowest BCUT2D eigenvalue weighted by Gasteiger charge is -2.11. The SMILES string of the molecule is CCn1nc(C(=O)Nc2nc(C)nc3ncn(C)c23)c(=O)c2ccccc21. The molecule has 9 nitrogen and oxygen atoms in total. The molecule has 0 atom stereocenters. The predicted octanol–water partition coefficient (Wildman–Crippen LogP) is 1.65. The highest BCUT2D eigenvalue weighted by atomic mass is 16.2. The summed E-state index contributed by atoms with van der Waals surface area (Å²) in [6.45, 7) is 4.14. The summed E-state index contributed by atoms with van der Waals surface area (Å²) >= 11 is 0. The lowest BCUT2D eigenvalue weighted by Crippen LogP contribution is -2.27. The predicted molar refractivity (Wildman–Crippen MR) is 101 cm³/mol. The van der Waals surface area contributed by atoms with Crippen molar-refractivity contribution in [3.05, 3.63) is 52.3 Å². The zero-order valence-corrected chi connectivity index (χ0v) is 15.1. The van der Waals surface area contributed by atoms with Crippen molar-refractivity contribution in [2.24, 2.45) is 7.05 Å². The van der Waals surface area contributed by atoms with Crippen LogP contribution in [-0.2, 0) is 13.6 Å². The van der Waals surface area contributed by atoms with Gasteiger partial charge in [0.2, 0.25) is 5.43 Å². The quantitative estimate of drug-likeness (QED) is 0.593. The van der Waals surface area contributed by atoms with Crippen LogP contribution < -0.4 is 10.7 Å². The van der Waals surface area contributed by atoms with Gasteiger partial charge in [0.05, 0.1) is 11.8 Å². The van der Waals surface area contributed by atoms with Gasteiger partial charge in [-0.05, 0) is 26.0 Å². The molecule has 0 aliphatic heterocycles. The fourth-order valence-corrected chi connectivity index (χ4v) is 3.05. The second kappa shape index (κ2) is 6.27. The van der Waals surface area contributed by atoms with Crippen LogP contribution in [0.15, 0.2) is 35.4 Å². The fraction of sp³-hybridized carbons (Fsp3) is 0.222. The Bertz CT molecular complexity index is 1260. The number of carbonyl (C=O) groups is 1. The lowest BCUT2D eigenvalue weighted by molar-refractivity contribution is 0.101. The molecule has 0 saturated carbocycles. The number of hydrogen-bond acceptors (Lipinski definition) is 6. The van der Waals surface area contributed by atoms with Crippen molar-refractivity contribution in [1.29, 1.82) is 0 Å². The summed E-state index contributed by atoms with van der Waals surface area (Å²) in [6, 6.07) is 7.09. The summed E-state index contributed by atoms with van der Waals surface area (Å²) in [5, 5.41) is 7.40. The summed E-state index contributed by atoms with van der Waals surface area (Å²) in [5.74, 6) is 0.141. The molecule has 136 valence electrons. The zero-order chi connectivity index (χ0) is 19.1. The van der Waals surface area contributed by atoms with E-state index in [1.807, 2.05) is 19.1 Å². The molecule has 0 aliphatic carbocycles. The number of benzene rings is 1. The van der Waals surface area contributed by atoms with Crippen LogP contribution in [0.2, 0.25) is 0 Å². The number of aromatic nitrogens is 6. The number of anilines is 1. The maximum atomic E-state index is 12.9. The van der Waals surface area contributed by atoms with Crippen LogP contribution >= 0.6 is 0 Å². The van der Waals surface area contributed by atoms with Crippen LogP contribution in [0.25, 0.3) is 22.1 Å². The van der Waals surface area contributed by atoms with Crippen molar-refractivity contribution in [1.82, 2.24) is 29.3 Å². The minimum Gasteiger partial charge on any atom is -0.329 e. The Morgan fingerprint density at radius 2 is 2.00 bits per heavy atom. The van der Waals surface area contributed by atoms with E-state index in [9.17, 15) is 9.59 Å². The van der Waals surface area contributed by atoms with Crippen molar-refractivity contribution in [3.8, 4) is 0 Å². The van der Waals surface area contributed by atoms with Crippen LogP contribution in [0.5, 0.6) is 0 Å². The molecule has 3 aromatic heterocycles. The summed E-state index contributed by atoms with van der Waals surface area (Å²) in [5.41, 5.74) is 1.14. The van der Waals surface area contributed by atoms with E-state index in [1.54, 1.807) is 41.7 Å². The van der Waals surface area contributed by atoms with Gasteiger partial charge in [0.25, 0.3) is 5.91 Å². The number of fused-ring (bicyclic) bond motifs is 2. The first-order chi connectivity index (χ1) is 13.0. The summed E-state index contributed by atoms with van der Waals surface area (Å²) in [7, 11) is 1.78. The molecule has 1 aromatic carbocycles. The number of rotatable bonds is 3. The molecule has 0 fully saturated rings. The Kier molecular flexibility index (Phi) is 3.91. The topological polar surface area (TPSA) is 108 Å². The Morgan fingerprint density at radius 3 is 2.78 bits per heavy atom. The number of para-hydroxylation sites is 1. The maximum absolute atomic E-state index is 12.9. The normalized spacial score (nSPS) is 11.2. The second-order valence-electron chi connectivity index (χ2n) is 6.11. The van der Waals surface area contributed by atoms with E-state index in [-0.39, 0.29) is 5.69 Å². The van der Waals surface area contributed by atoms with Crippen LogP contribution in [0, 0.1) is 6.92 Å². The first-order valence-electron chi connectivity index (χ1n) is 8.46. The number of imidazole rings is 1. The molecule has 0 aliphatic rings. The van der Waals surface area contributed by atoms with Gasteiger partial charge in [-0.2, -0.15) is 5.10 Å². The van der Waals surface area contributed by atoms with Crippen LogP contribution in [0.4, 0.5) is 5.82 Å². The van der Waals surface area contributed by atoms with Gasteiger partial charge in [-0.1, -0.05) is 12.1 Å². The fourth-order valence-electron chi connectivity index (χ4n) is 3.05. The molecule has 9 heteroatoms. The van der Waals surface area contributed by atoms with Crippen molar-refractivity contribution in [2.75, 3.05) is 5.32 Å². The van der Waals surface area contributed by atoms with Crippen molar-refractivity contribution in [2.45, 2.75) is 20.4 Å². The molecular weight excluding hydrogens is 346 g/mol. The molecule has 0 saturated heterocycles. The highest BCUT2D eigenvalue weighted by molar-refractivity contribution is 6.06. The standard InChI is InChI=1S/C18H17N7O2/c1-4-25-12-8-6-5-7-11(12)15(26)13(23-25)18(27)22-17-14-16(19-9-24(14)3)20-10(2)21-17/h5-9H,4H2,1-3H3,(H,20,21,22,27). The zero-order valence-electron chi connectivity index (χ0n) is 15.1. The van der Waals surface area contributed by atoms with Crippen LogP contribution in [0.1, 0.15) is 23.2 Å². The van der Waals surface area contributed by atoms with Gasteiger partial charge >= 0.3 is 0 Å². The summed E-state index contributed by atoms with van der Waals surface area (Å²) in [4.78, 5) is 38.4. The van der Waals surface area contributed by atoms with Gasteiger partial charge in [0.15, 0.2) is 17.2 Å². The number of carbonyl (C=O) groups excluding carboxylic acids is 1. The van der Waals surface area contributed by atoms with E-state index in [0.717, 1.165) is 0 Å². The highest BCUT2D eigenvalue weighted by Crippen LogP contribution is 2.19. The van der Waals surface area contributed by atoms with E-state index < -0.39 is 11.3 Å². The highest BCUT2D eigenvalue weighted by Gasteiger charge is 2.20. The van der Waals surface area contributed by atoms with Gasteiger partial charge in [-0.3, -0.25) is 14.3 Å². The number of aryl methyl sites for hydroxylation is 3. The molecule has 1 amide bonds. The average molecular weight is 363 g/mol. The smallest absolute Gasteiger partial charge is 0.281 e. The molecule has 0 radical (unpaired) electrons. The number of nitrogens with zero attached hydrogens (tertiary/aromatic N) is 6. The first kappa shape index (κ1) is 16.8. The van der Waals surface area contributed by atoms with Crippen LogP contribution in [-0.4, -0.2) is 35.2 Å². The van der Waals surface area contributed by atoms with Gasteiger partial charge < -0.3 is 9.88 Å². The largest absolute Gasteiger partial charge is 0.329 e. The number of amides is 1. The molecular formula is C18H17N7O2. The first-order valence-corrected chi connectivity index (χ1v) is 8.46. The average Bonchev–Trinajstić information content (AvgIpc) is 3.03. The van der Waals surface area contributed by atoms with Crippen molar-refractivity contribution in [3.63, 3.8) is 0 Å². The molecule has 0 unspecified atom stereocenters.